The van der Waals surface area contributed by atoms with Crippen LogP contribution in [0.3, 0.4) is 0 Å². The zero-order valence-corrected chi connectivity index (χ0v) is 11.0. The van der Waals surface area contributed by atoms with Crippen molar-refractivity contribution in [2.45, 2.75) is 31.7 Å². The van der Waals surface area contributed by atoms with E-state index in [0.717, 1.165) is 18.4 Å². The number of nitrogens with two attached hydrogens (primary N) is 1. The molecular formula is C15H18N4. The van der Waals surface area contributed by atoms with Gasteiger partial charge in [0.15, 0.2) is 0 Å². The summed E-state index contributed by atoms with van der Waals surface area (Å²) < 4.78 is 0. The van der Waals surface area contributed by atoms with E-state index in [1.807, 2.05) is 30.7 Å². The first kappa shape index (κ1) is 12.3. The average Bonchev–Trinajstić information content (AvgIpc) is 2.86. The van der Waals surface area contributed by atoms with Crippen LogP contribution in [0.5, 0.6) is 0 Å². The van der Waals surface area contributed by atoms with Crippen molar-refractivity contribution in [2.75, 3.05) is 0 Å². The van der Waals surface area contributed by atoms with Crippen molar-refractivity contribution in [3.05, 3.63) is 59.2 Å². The molecule has 0 saturated heterocycles. The third kappa shape index (κ3) is 2.13. The molecule has 0 aliphatic heterocycles. The molecule has 4 heteroatoms. The molecule has 3 N–H and O–H groups in total. The highest BCUT2D eigenvalue weighted by Gasteiger charge is 2.31. The predicted octanol–water partition coefficient (Wildman–Crippen LogP) is 2.02. The molecule has 2 atom stereocenters. The molecule has 4 nitrogen and oxygen atoms in total. The van der Waals surface area contributed by atoms with E-state index >= 15 is 0 Å². The minimum absolute atomic E-state index is 0.0964. The van der Waals surface area contributed by atoms with Crippen LogP contribution in [-0.2, 0) is 6.42 Å². The van der Waals surface area contributed by atoms with E-state index in [1.54, 1.807) is 0 Å². The number of rotatable bonds is 3. The molecule has 0 bridgehead atoms. The van der Waals surface area contributed by atoms with Crippen LogP contribution in [0.4, 0.5) is 0 Å². The largest absolute Gasteiger partial charge is 0.271 e. The maximum absolute atomic E-state index is 5.81. The smallest absolute Gasteiger partial charge is 0.0547 e. The molecule has 2 aromatic rings. The predicted molar refractivity (Wildman–Crippen MR) is 74.3 cm³/mol. The number of aromatic nitrogens is 2. The molecule has 0 saturated carbocycles. The van der Waals surface area contributed by atoms with Crippen LogP contribution in [0.2, 0.25) is 0 Å². The summed E-state index contributed by atoms with van der Waals surface area (Å²) in [6.07, 6.45) is 7.73. The zero-order valence-electron chi connectivity index (χ0n) is 11.0. The summed E-state index contributed by atoms with van der Waals surface area (Å²) >= 11 is 0. The molecule has 0 radical (unpaired) electrons. The maximum Gasteiger partial charge on any atom is 0.0547 e. The maximum atomic E-state index is 5.81. The van der Waals surface area contributed by atoms with E-state index in [9.17, 15) is 0 Å². The molecule has 0 aromatic carbocycles. The van der Waals surface area contributed by atoms with Gasteiger partial charge in [-0.15, -0.1) is 0 Å². The number of nitrogens with zero attached hydrogens (tertiary/aromatic N) is 2. The first-order valence-electron chi connectivity index (χ1n) is 6.61. The van der Waals surface area contributed by atoms with E-state index in [1.165, 1.54) is 16.8 Å². The lowest BCUT2D eigenvalue weighted by Crippen LogP contribution is -2.32. The Morgan fingerprint density at radius 2 is 2.26 bits per heavy atom. The highest BCUT2D eigenvalue weighted by atomic mass is 15.2. The second-order valence-electron chi connectivity index (χ2n) is 5.07. The van der Waals surface area contributed by atoms with Gasteiger partial charge in [-0.2, -0.15) is 0 Å². The van der Waals surface area contributed by atoms with Gasteiger partial charge >= 0.3 is 0 Å². The lowest BCUT2D eigenvalue weighted by atomic mass is 9.90. The Labute approximate surface area is 113 Å². The summed E-state index contributed by atoms with van der Waals surface area (Å²) in [7, 11) is 0. The Kier molecular flexibility index (Phi) is 3.27. The van der Waals surface area contributed by atoms with Gasteiger partial charge in [0.1, 0.15) is 0 Å². The molecule has 0 amide bonds. The van der Waals surface area contributed by atoms with E-state index in [2.05, 4.69) is 28.4 Å². The quantitative estimate of drug-likeness (QED) is 0.649. The first-order valence-corrected chi connectivity index (χ1v) is 6.61. The van der Waals surface area contributed by atoms with E-state index in [4.69, 9.17) is 5.84 Å². The summed E-state index contributed by atoms with van der Waals surface area (Å²) in [4.78, 5) is 8.70. The van der Waals surface area contributed by atoms with Crippen LogP contribution in [0.25, 0.3) is 0 Å². The van der Waals surface area contributed by atoms with Crippen molar-refractivity contribution in [2.24, 2.45) is 5.84 Å². The second-order valence-corrected chi connectivity index (χ2v) is 5.07. The Hall–Kier alpha value is -1.78. The minimum Gasteiger partial charge on any atom is -0.271 e. The van der Waals surface area contributed by atoms with Gasteiger partial charge in [-0.3, -0.25) is 21.2 Å². The number of hydrogen-bond donors (Lipinski definition) is 2. The second kappa shape index (κ2) is 5.07. The summed E-state index contributed by atoms with van der Waals surface area (Å²) in [6.45, 7) is 2.07. The minimum atomic E-state index is 0.0964. The van der Waals surface area contributed by atoms with Crippen LogP contribution >= 0.6 is 0 Å². The average molecular weight is 254 g/mol. The van der Waals surface area contributed by atoms with Crippen LogP contribution in [0.1, 0.15) is 40.8 Å². The topological polar surface area (TPSA) is 63.8 Å². The van der Waals surface area contributed by atoms with Crippen molar-refractivity contribution >= 4 is 0 Å². The SMILES string of the molecule is Cc1cnccc1C(NN)C1CCc2cccnc21. The molecule has 3 rings (SSSR count). The number of hydrazine groups is 1. The summed E-state index contributed by atoms with van der Waals surface area (Å²) in [6, 6.07) is 6.30. The van der Waals surface area contributed by atoms with Gasteiger partial charge in [0.05, 0.1) is 6.04 Å². The molecule has 0 fully saturated rings. The zero-order chi connectivity index (χ0) is 13.2. The number of fused-ring (bicyclic) bond motifs is 1. The van der Waals surface area contributed by atoms with Gasteiger partial charge in [0.2, 0.25) is 0 Å². The molecule has 98 valence electrons. The third-order valence-corrected chi connectivity index (χ3v) is 3.98. The van der Waals surface area contributed by atoms with E-state index in [-0.39, 0.29) is 6.04 Å². The molecule has 1 aliphatic rings. The summed E-state index contributed by atoms with van der Waals surface area (Å²) in [5, 5.41) is 0. The fraction of sp³-hybridized carbons (Fsp3) is 0.333. The molecule has 2 aromatic heterocycles. The molecule has 2 unspecified atom stereocenters. The third-order valence-electron chi connectivity index (χ3n) is 3.98. The lowest BCUT2D eigenvalue weighted by molar-refractivity contribution is 0.445. The number of pyridine rings is 2. The Morgan fingerprint density at radius 1 is 1.37 bits per heavy atom. The molecule has 2 heterocycles. The summed E-state index contributed by atoms with van der Waals surface area (Å²) in [5.74, 6) is 6.15. The van der Waals surface area contributed by atoms with Crippen LogP contribution in [0, 0.1) is 6.92 Å². The standard InChI is InChI=1S/C15H18N4/c1-10-9-17-8-6-12(10)15(19-16)13-5-4-11-3-2-7-18-14(11)13/h2-3,6-9,13,15,19H,4-5,16H2,1H3. The van der Waals surface area contributed by atoms with Crippen molar-refractivity contribution in [1.82, 2.24) is 15.4 Å². The van der Waals surface area contributed by atoms with Gasteiger partial charge < -0.3 is 0 Å². The van der Waals surface area contributed by atoms with E-state index < -0.39 is 0 Å². The van der Waals surface area contributed by atoms with Crippen LogP contribution in [0.15, 0.2) is 36.8 Å². The van der Waals surface area contributed by atoms with Gasteiger partial charge in [-0.25, -0.2) is 0 Å². The van der Waals surface area contributed by atoms with Crippen molar-refractivity contribution in [1.29, 1.82) is 0 Å². The molecule has 1 aliphatic carbocycles. The van der Waals surface area contributed by atoms with Gasteiger partial charge in [0, 0.05) is 30.2 Å². The fourth-order valence-electron chi connectivity index (χ4n) is 3.02. The van der Waals surface area contributed by atoms with Gasteiger partial charge in [-0.1, -0.05) is 6.07 Å². The van der Waals surface area contributed by atoms with Gasteiger partial charge in [0.25, 0.3) is 0 Å². The molecular weight excluding hydrogens is 236 g/mol. The lowest BCUT2D eigenvalue weighted by Gasteiger charge is -2.24. The first-order chi connectivity index (χ1) is 9.31. The Bertz CT molecular complexity index is 582. The highest BCUT2D eigenvalue weighted by Crippen LogP contribution is 2.40. The molecule has 0 spiro atoms. The van der Waals surface area contributed by atoms with Crippen LogP contribution < -0.4 is 11.3 Å². The van der Waals surface area contributed by atoms with Crippen molar-refractivity contribution in [3.63, 3.8) is 0 Å². The monoisotopic (exact) mass is 254 g/mol. The van der Waals surface area contributed by atoms with Crippen molar-refractivity contribution in [3.8, 4) is 0 Å². The Balaban J connectivity index is 1.99. The van der Waals surface area contributed by atoms with Gasteiger partial charge in [-0.05, 0) is 48.6 Å². The number of nitrogens with one attached hydrogen (secondary N) is 1. The number of aryl methyl sites for hydroxylation is 2. The fourth-order valence-corrected chi connectivity index (χ4v) is 3.02. The van der Waals surface area contributed by atoms with Crippen LogP contribution in [-0.4, -0.2) is 9.97 Å². The number of hydrogen-bond acceptors (Lipinski definition) is 4. The summed E-state index contributed by atoms with van der Waals surface area (Å²) in [5.41, 5.74) is 7.87. The molecule has 19 heavy (non-hydrogen) atoms. The van der Waals surface area contributed by atoms with Crippen molar-refractivity contribution < 1.29 is 0 Å². The highest BCUT2D eigenvalue weighted by molar-refractivity contribution is 5.35. The van der Waals surface area contributed by atoms with E-state index in [0.29, 0.717) is 5.92 Å². The normalized spacial score (nSPS) is 19.2. The Morgan fingerprint density at radius 3 is 3.05 bits per heavy atom.